The molecule has 6 nitrogen and oxygen atoms in total. The Labute approximate surface area is 187 Å². The summed E-state index contributed by atoms with van der Waals surface area (Å²) in [6, 6.07) is 11.7. The fraction of sp³-hybridized carbons (Fsp3) is 0.478. The van der Waals surface area contributed by atoms with Gasteiger partial charge in [-0.1, -0.05) is 28.8 Å². The van der Waals surface area contributed by atoms with Crippen LogP contribution in [0.25, 0.3) is 0 Å². The van der Waals surface area contributed by atoms with Crippen LogP contribution in [0.15, 0.2) is 53.3 Å². The van der Waals surface area contributed by atoms with Crippen molar-refractivity contribution in [3.05, 3.63) is 53.3 Å². The van der Waals surface area contributed by atoms with E-state index in [-0.39, 0.29) is 6.03 Å². The number of hydrogen-bond donors (Lipinski definition) is 0. The number of pyridine rings is 1. The van der Waals surface area contributed by atoms with E-state index in [0.29, 0.717) is 6.61 Å². The molecule has 1 aliphatic heterocycles. The molecule has 30 heavy (non-hydrogen) atoms. The molecule has 2 amide bonds. The number of carbonyl (C=O) groups excluding carboxylic acids is 1. The number of unbranched alkanes of at least 4 members (excludes halogenated alkanes) is 3. The van der Waals surface area contributed by atoms with Gasteiger partial charge in [0.05, 0.1) is 6.61 Å². The normalized spacial score (nSPS) is 13.8. The van der Waals surface area contributed by atoms with Crippen LogP contribution in [0, 0.1) is 0 Å². The van der Waals surface area contributed by atoms with Gasteiger partial charge in [-0.15, -0.1) is 0 Å². The number of anilines is 1. The molecule has 3 rings (SSSR count). The minimum atomic E-state index is 0.106. The van der Waals surface area contributed by atoms with E-state index in [1.54, 1.807) is 12.4 Å². The van der Waals surface area contributed by atoms with Gasteiger partial charge in [0, 0.05) is 61.8 Å². The SMILES string of the molecule is O=C1N(CCCCCCOCCCOc2ccc(Br)cc2)CCN1c1ccncc1. The highest BCUT2D eigenvalue weighted by Gasteiger charge is 2.28. The van der Waals surface area contributed by atoms with Gasteiger partial charge >= 0.3 is 6.03 Å². The molecule has 0 aliphatic carbocycles. The van der Waals surface area contributed by atoms with Gasteiger partial charge in [-0.05, 0) is 49.2 Å². The van der Waals surface area contributed by atoms with E-state index in [1.807, 2.05) is 46.2 Å². The van der Waals surface area contributed by atoms with Crippen LogP contribution in [-0.2, 0) is 4.74 Å². The molecule has 0 N–H and O–H groups in total. The van der Waals surface area contributed by atoms with Gasteiger partial charge in [0.1, 0.15) is 5.75 Å². The number of hydrogen-bond acceptors (Lipinski definition) is 4. The summed E-state index contributed by atoms with van der Waals surface area (Å²) < 4.78 is 12.4. The zero-order chi connectivity index (χ0) is 21.0. The van der Waals surface area contributed by atoms with Crippen molar-refractivity contribution in [3.63, 3.8) is 0 Å². The van der Waals surface area contributed by atoms with Crippen LogP contribution in [0.3, 0.4) is 0 Å². The molecule has 0 unspecified atom stereocenters. The largest absolute Gasteiger partial charge is 0.494 e. The molecular weight excluding hydrogens is 446 g/mol. The van der Waals surface area contributed by atoms with Gasteiger partial charge in [-0.25, -0.2) is 4.79 Å². The molecule has 1 fully saturated rings. The van der Waals surface area contributed by atoms with Gasteiger partial charge in [-0.2, -0.15) is 0 Å². The lowest BCUT2D eigenvalue weighted by molar-refractivity contribution is 0.115. The summed E-state index contributed by atoms with van der Waals surface area (Å²) in [7, 11) is 0. The molecule has 0 spiro atoms. The van der Waals surface area contributed by atoms with Gasteiger partial charge in [-0.3, -0.25) is 9.88 Å². The van der Waals surface area contributed by atoms with Crippen molar-refractivity contribution in [2.24, 2.45) is 0 Å². The summed E-state index contributed by atoms with van der Waals surface area (Å²) in [4.78, 5) is 20.3. The molecule has 2 heterocycles. The maximum atomic E-state index is 12.5. The maximum Gasteiger partial charge on any atom is 0.324 e. The van der Waals surface area contributed by atoms with Crippen LogP contribution in [0.5, 0.6) is 5.75 Å². The van der Waals surface area contributed by atoms with Gasteiger partial charge in [0.25, 0.3) is 0 Å². The summed E-state index contributed by atoms with van der Waals surface area (Å²) in [6.07, 6.45) is 8.69. The van der Waals surface area contributed by atoms with Crippen molar-refractivity contribution < 1.29 is 14.3 Å². The van der Waals surface area contributed by atoms with Crippen molar-refractivity contribution in [1.82, 2.24) is 9.88 Å². The van der Waals surface area contributed by atoms with Crippen LogP contribution in [-0.4, -0.2) is 55.4 Å². The molecule has 0 atom stereocenters. The van der Waals surface area contributed by atoms with Gasteiger partial charge in [0.15, 0.2) is 0 Å². The van der Waals surface area contributed by atoms with E-state index in [4.69, 9.17) is 9.47 Å². The molecule has 162 valence electrons. The van der Waals surface area contributed by atoms with E-state index in [1.165, 1.54) is 0 Å². The number of carbonyl (C=O) groups is 1. The standard InChI is InChI=1S/C23H30BrN3O3/c24-20-6-8-22(9-7-20)30-19-5-18-29-17-4-2-1-3-14-26-15-16-27(23(26)28)21-10-12-25-13-11-21/h6-13H,1-5,14-19H2. The third-order valence-electron chi connectivity index (χ3n) is 5.05. The lowest BCUT2D eigenvalue weighted by Crippen LogP contribution is -2.32. The Kier molecular flexibility index (Phi) is 9.44. The Hall–Kier alpha value is -2.12. The number of ether oxygens (including phenoxy) is 2. The molecule has 0 radical (unpaired) electrons. The lowest BCUT2D eigenvalue weighted by atomic mass is 10.2. The van der Waals surface area contributed by atoms with Crippen LogP contribution < -0.4 is 9.64 Å². The Bertz CT molecular complexity index is 758. The fourth-order valence-corrected chi connectivity index (χ4v) is 3.66. The molecule has 1 saturated heterocycles. The minimum Gasteiger partial charge on any atom is -0.494 e. The lowest BCUT2D eigenvalue weighted by Gasteiger charge is -2.18. The first-order valence-electron chi connectivity index (χ1n) is 10.7. The van der Waals surface area contributed by atoms with Gasteiger partial charge in [0.2, 0.25) is 0 Å². The Morgan fingerprint density at radius 3 is 2.40 bits per heavy atom. The summed E-state index contributed by atoms with van der Waals surface area (Å²) in [6.45, 7) is 4.56. The number of amides is 2. The highest BCUT2D eigenvalue weighted by atomic mass is 79.9. The predicted molar refractivity (Wildman–Crippen MR) is 122 cm³/mol. The first-order valence-corrected chi connectivity index (χ1v) is 11.5. The molecule has 0 bridgehead atoms. The highest BCUT2D eigenvalue weighted by molar-refractivity contribution is 9.10. The van der Waals surface area contributed by atoms with Crippen molar-refractivity contribution in [2.45, 2.75) is 32.1 Å². The molecule has 0 saturated carbocycles. The second-order valence-corrected chi connectivity index (χ2v) is 8.22. The second kappa shape index (κ2) is 12.5. The van der Waals surface area contributed by atoms with Crippen LogP contribution in [0.4, 0.5) is 10.5 Å². The second-order valence-electron chi connectivity index (χ2n) is 7.31. The van der Waals surface area contributed by atoms with Crippen molar-refractivity contribution >= 4 is 27.6 Å². The van der Waals surface area contributed by atoms with Gasteiger partial charge < -0.3 is 14.4 Å². The van der Waals surface area contributed by atoms with E-state index in [9.17, 15) is 4.79 Å². The van der Waals surface area contributed by atoms with E-state index >= 15 is 0 Å². The molecule has 1 aromatic heterocycles. The Morgan fingerprint density at radius 1 is 0.867 bits per heavy atom. The Morgan fingerprint density at radius 2 is 1.60 bits per heavy atom. The number of benzene rings is 1. The number of nitrogens with zero attached hydrogens (tertiary/aromatic N) is 3. The van der Waals surface area contributed by atoms with Crippen LogP contribution in [0.1, 0.15) is 32.1 Å². The van der Waals surface area contributed by atoms with E-state index < -0.39 is 0 Å². The van der Waals surface area contributed by atoms with Crippen LogP contribution >= 0.6 is 15.9 Å². The average Bonchev–Trinajstić information content (AvgIpc) is 3.14. The minimum absolute atomic E-state index is 0.106. The zero-order valence-electron chi connectivity index (χ0n) is 17.3. The zero-order valence-corrected chi connectivity index (χ0v) is 18.9. The summed E-state index contributed by atoms with van der Waals surface area (Å²) in [5, 5.41) is 0. The molecular formula is C23H30BrN3O3. The molecule has 1 aliphatic rings. The number of urea groups is 1. The number of rotatable bonds is 13. The van der Waals surface area contributed by atoms with Crippen molar-refractivity contribution in [2.75, 3.05) is 44.4 Å². The molecule has 7 heteroatoms. The summed E-state index contributed by atoms with van der Waals surface area (Å²) in [5.41, 5.74) is 0.928. The van der Waals surface area contributed by atoms with E-state index in [0.717, 1.165) is 80.9 Å². The third kappa shape index (κ3) is 7.29. The maximum absolute atomic E-state index is 12.5. The molecule has 2 aromatic rings. The first-order chi connectivity index (χ1) is 14.7. The monoisotopic (exact) mass is 475 g/mol. The van der Waals surface area contributed by atoms with Crippen molar-refractivity contribution in [3.8, 4) is 5.75 Å². The molecule has 1 aromatic carbocycles. The predicted octanol–water partition coefficient (Wildman–Crippen LogP) is 5.13. The highest BCUT2D eigenvalue weighted by Crippen LogP contribution is 2.19. The topological polar surface area (TPSA) is 54.9 Å². The van der Waals surface area contributed by atoms with Crippen molar-refractivity contribution in [1.29, 1.82) is 0 Å². The smallest absolute Gasteiger partial charge is 0.324 e. The summed E-state index contributed by atoms with van der Waals surface area (Å²) >= 11 is 3.41. The Balaban J connectivity index is 1.15. The quantitative estimate of drug-likeness (QED) is 0.376. The van der Waals surface area contributed by atoms with Crippen LogP contribution in [0.2, 0.25) is 0 Å². The van der Waals surface area contributed by atoms with E-state index in [2.05, 4.69) is 20.9 Å². The summed E-state index contributed by atoms with van der Waals surface area (Å²) in [5.74, 6) is 0.888. The third-order valence-corrected chi connectivity index (χ3v) is 5.58. The number of aromatic nitrogens is 1. The fourth-order valence-electron chi connectivity index (χ4n) is 3.40. The average molecular weight is 476 g/mol. The first kappa shape index (κ1) is 22.6. The number of halogens is 1.